The van der Waals surface area contributed by atoms with Crippen LogP contribution in [0.4, 0.5) is 5.69 Å². The van der Waals surface area contributed by atoms with Crippen molar-refractivity contribution in [2.24, 2.45) is 7.05 Å². The van der Waals surface area contributed by atoms with Crippen molar-refractivity contribution in [3.8, 4) is 11.4 Å². The van der Waals surface area contributed by atoms with Crippen molar-refractivity contribution < 1.29 is 4.79 Å². The smallest absolute Gasteiger partial charge is 0.256 e. The van der Waals surface area contributed by atoms with Gasteiger partial charge in [-0.05, 0) is 41.6 Å². The van der Waals surface area contributed by atoms with E-state index in [2.05, 4.69) is 25.8 Å². The van der Waals surface area contributed by atoms with E-state index >= 15 is 0 Å². The number of benzene rings is 2. The van der Waals surface area contributed by atoms with E-state index in [-0.39, 0.29) is 5.91 Å². The number of hydrogen-bond donors (Lipinski definition) is 1. The number of nitrogens with zero attached hydrogens (tertiary/aromatic N) is 5. The second kappa shape index (κ2) is 6.36. The molecule has 2 heterocycles. The number of nitrogens with one attached hydrogen (secondary N) is 1. The molecule has 0 unspecified atom stereocenters. The van der Waals surface area contributed by atoms with Crippen LogP contribution in [0.2, 0.25) is 0 Å². The standard InChI is InChI=1S/C19H16N6O/c1-12-10-16(15-8-3-4-9-17(15)20-12)19(26)21-14-7-5-6-13(11-14)18-22-23-24-25(18)2/h3-11H,1-2H3,(H,21,26). The number of fused-ring (bicyclic) bond motifs is 1. The highest BCUT2D eigenvalue weighted by molar-refractivity contribution is 6.12. The Balaban J connectivity index is 1.69. The van der Waals surface area contributed by atoms with Gasteiger partial charge in [-0.3, -0.25) is 9.78 Å². The molecule has 2 aromatic heterocycles. The van der Waals surface area contributed by atoms with Crippen LogP contribution in [-0.4, -0.2) is 31.1 Å². The maximum Gasteiger partial charge on any atom is 0.256 e. The molecule has 0 radical (unpaired) electrons. The highest BCUT2D eigenvalue weighted by Crippen LogP contribution is 2.22. The van der Waals surface area contributed by atoms with Crippen molar-refractivity contribution in [2.75, 3.05) is 5.32 Å². The van der Waals surface area contributed by atoms with Gasteiger partial charge in [0.15, 0.2) is 5.82 Å². The third-order valence-electron chi connectivity index (χ3n) is 4.09. The predicted molar refractivity (Wildman–Crippen MR) is 98.7 cm³/mol. The molecule has 2 aromatic carbocycles. The van der Waals surface area contributed by atoms with Gasteiger partial charge >= 0.3 is 0 Å². The lowest BCUT2D eigenvalue weighted by Gasteiger charge is -2.10. The summed E-state index contributed by atoms with van der Waals surface area (Å²) >= 11 is 0. The number of aromatic nitrogens is 5. The monoisotopic (exact) mass is 344 g/mol. The van der Waals surface area contributed by atoms with Crippen molar-refractivity contribution in [2.45, 2.75) is 6.92 Å². The number of amides is 1. The van der Waals surface area contributed by atoms with Crippen molar-refractivity contribution >= 4 is 22.5 Å². The maximum absolute atomic E-state index is 12.9. The summed E-state index contributed by atoms with van der Waals surface area (Å²) in [6.45, 7) is 1.88. The van der Waals surface area contributed by atoms with Gasteiger partial charge in [-0.25, -0.2) is 4.68 Å². The van der Waals surface area contributed by atoms with Crippen LogP contribution in [0.3, 0.4) is 0 Å². The van der Waals surface area contributed by atoms with Gasteiger partial charge < -0.3 is 5.32 Å². The van der Waals surface area contributed by atoms with Gasteiger partial charge in [0.2, 0.25) is 0 Å². The van der Waals surface area contributed by atoms with Gasteiger partial charge in [0.1, 0.15) is 0 Å². The molecule has 0 saturated heterocycles. The minimum absolute atomic E-state index is 0.181. The van der Waals surface area contributed by atoms with Crippen LogP contribution in [0.25, 0.3) is 22.3 Å². The van der Waals surface area contributed by atoms with Crippen LogP contribution >= 0.6 is 0 Å². The average Bonchev–Trinajstić information content (AvgIpc) is 3.07. The van der Waals surface area contributed by atoms with Gasteiger partial charge in [-0.2, -0.15) is 0 Å². The molecule has 4 aromatic rings. The Labute approximate surface area is 149 Å². The van der Waals surface area contributed by atoms with Gasteiger partial charge in [0.25, 0.3) is 5.91 Å². The zero-order valence-corrected chi connectivity index (χ0v) is 14.3. The first kappa shape index (κ1) is 15.9. The zero-order valence-electron chi connectivity index (χ0n) is 14.3. The van der Waals surface area contributed by atoms with E-state index < -0.39 is 0 Å². The summed E-state index contributed by atoms with van der Waals surface area (Å²) in [5, 5.41) is 15.3. The average molecular weight is 344 g/mol. The molecular formula is C19H16N6O. The largest absolute Gasteiger partial charge is 0.322 e. The van der Waals surface area contributed by atoms with E-state index in [1.807, 2.05) is 55.5 Å². The highest BCUT2D eigenvalue weighted by atomic mass is 16.1. The first-order valence-electron chi connectivity index (χ1n) is 8.12. The van der Waals surface area contributed by atoms with E-state index in [0.29, 0.717) is 17.1 Å². The Bertz CT molecular complexity index is 1120. The summed E-state index contributed by atoms with van der Waals surface area (Å²) in [5.41, 5.74) is 3.70. The summed E-state index contributed by atoms with van der Waals surface area (Å²) < 4.78 is 1.58. The van der Waals surface area contributed by atoms with E-state index in [1.54, 1.807) is 17.8 Å². The molecule has 7 heteroatoms. The molecule has 4 rings (SSSR count). The summed E-state index contributed by atoms with van der Waals surface area (Å²) in [7, 11) is 1.77. The number of pyridine rings is 1. The number of hydrogen-bond acceptors (Lipinski definition) is 5. The lowest BCUT2D eigenvalue weighted by atomic mass is 10.1. The molecule has 1 amide bonds. The molecule has 7 nitrogen and oxygen atoms in total. The lowest BCUT2D eigenvalue weighted by molar-refractivity contribution is 0.102. The van der Waals surface area contributed by atoms with Crippen LogP contribution in [0.1, 0.15) is 16.1 Å². The lowest BCUT2D eigenvalue weighted by Crippen LogP contribution is -2.13. The number of para-hydroxylation sites is 1. The summed E-state index contributed by atoms with van der Waals surface area (Å²) in [6, 6.07) is 16.9. The molecule has 128 valence electrons. The molecule has 0 aliphatic carbocycles. The molecule has 0 aliphatic rings. The molecule has 0 fully saturated rings. The topological polar surface area (TPSA) is 85.6 Å². The Kier molecular flexibility index (Phi) is 3.89. The van der Waals surface area contributed by atoms with Gasteiger partial charge in [0.05, 0.1) is 11.1 Å². The minimum Gasteiger partial charge on any atom is -0.322 e. The molecule has 0 bridgehead atoms. The van der Waals surface area contributed by atoms with E-state index in [0.717, 1.165) is 22.2 Å². The second-order valence-electron chi connectivity index (χ2n) is 5.99. The van der Waals surface area contributed by atoms with Crippen LogP contribution < -0.4 is 5.32 Å². The van der Waals surface area contributed by atoms with E-state index in [4.69, 9.17) is 0 Å². The van der Waals surface area contributed by atoms with Crippen LogP contribution in [-0.2, 0) is 7.05 Å². The third-order valence-corrected chi connectivity index (χ3v) is 4.09. The van der Waals surface area contributed by atoms with Gasteiger partial charge in [0, 0.05) is 29.4 Å². The van der Waals surface area contributed by atoms with Crippen molar-refractivity contribution in [3.05, 3.63) is 65.9 Å². The van der Waals surface area contributed by atoms with Gasteiger partial charge in [-0.15, -0.1) is 5.10 Å². The first-order valence-corrected chi connectivity index (χ1v) is 8.12. The highest BCUT2D eigenvalue weighted by Gasteiger charge is 2.13. The second-order valence-corrected chi connectivity index (χ2v) is 5.99. The van der Waals surface area contributed by atoms with Crippen molar-refractivity contribution in [1.82, 2.24) is 25.2 Å². The Morgan fingerprint density at radius 2 is 1.92 bits per heavy atom. The fourth-order valence-corrected chi connectivity index (χ4v) is 2.90. The molecule has 0 spiro atoms. The Morgan fingerprint density at radius 1 is 1.08 bits per heavy atom. The summed E-state index contributed by atoms with van der Waals surface area (Å²) in [4.78, 5) is 17.3. The SMILES string of the molecule is Cc1cc(C(=O)Nc2cccc(-c3nnnn3C)c2)c2ccccc2n1. The van der Waals surface area contributed by atoms with Crippen LogP contribution in [0.15, 0.2) is 54.6 Å². The number of anilines is 1. The fraction of sp³-hybridized carbons (Fsp3) is 0.105. The number of tetrazole rings is 1. The number of rotatable bonds is 3. The molecule has 1 N–H and O–H groups in total. The predicted octanol–water partition coefficient (Wildman–Crippen LogP) is 2.99. The van der Waals surface area contributed by atoms with E-state index in [1.165, 1.54) is 0 Å². The number of carbonyl (C=O) groups excluding carboxylic acids is 1. The molecule has 0 aliphatic heterocycles. The Morgan fingerprint density at radius 3 is 2.73 bits per heavy atom. The minimum atomic E-state index is -0.181. The van der Waals surface area contributed by atoms with Crippen LogP contribution in [0.5, 0.6) is 0 Å². The number of carbonyl (C=O) groups is 1. The summed E-state index contributed by atoms with van der Waals surface area (Å²) in [5.74, 6) is 0.450. The third kappa shape index (κ3) is 2.90. The van der Waals surface area contributed by atoms with Gasteiger partial charge in [-0.1, -0.05) is 30.3 Å². The zero-order chi connectivity index (χ0) is 18.1. The molecule has 0 atom stereocenters. The molecule has 26 heavy (non-hydrogen) atoms. The van der Waals surface area contributed by atoms with Crippen molar-refractivity contribution in [1.29, 1.82) is 0 Å². The number of aryl methyl sites for hydroxylation is 2. The fourth-order valence-electron chi connectivity index (χ4n) is 2.90. The van der Waals surface area contributed by atoms with Crippen molar-refractivity contribution in [3.63, 3.8) is 0 Å². The summed E-state index contributed by atoms with van der Waals surface area (Å²) in [6.07, 6.45) is 0. The normalized spacial score (nSPS) is 10.8. The van der Waals surface area contributed by atoms with E-state index in [9.17, 15) is 4.79 Å². The van der Waals surface area contributed by atoms with Crippen LogP contribution in [0, 0.1) is 6.92 Å². The maximum atomic E-state index is 12.9. The Hall–Kier alpha value is -3.61. The first-order chi connectivity index (χ1) is 12.6. The quantitative estimate of drug-likeness (QED) is 0.617. The molecular weight excluding hydrogens is 328 g/mol. The molecule has 0 saturated carbocycles.